The number of primary amides is 1. The summed E-state index contributed by atoms with van der Waals surface area (Å²) in [6.45, 7) is 0.582. The number of hydrogen-bond acceptors (Lipinski definition) is 6. The molecule has 0 atom stereocenters. The molecule has 26 heavy (non-hydrogen) atoms. The Morgan fingerprint density at radius 2 is 2.08 bits per heavy atom. The molecule has 1 amide bonds. The van der Waals surface area contributed by atoms with Gasteiger partial charge < -0.3 is 20.9 Å². The van der Waals surface area contributed by atoms with Crippen molar-refractivity contribution in [2.45, 2.75) is 6.54 Å². The highest BCUT2D eigenvalue weighted by atomic mass is 35.5. The van der Waals surface area contributed by atoms with Crippen molar-refractivity contribution < 1.29 is 14.6 Å². The van der Waals surface area contributed by atoms with E-state index in [1.807, 2.05) is 29.6 Å². The molecule has 1 aromatic heterocycles. The zero-order valence-electron chi connectivity index (χ0n) is 13.9. The van der Waals surface area contributed by atoms with E-state index in [1.165, 1.54) is 23.5 Å². The molecule has 1 heterocycles. The van der Waals surface area contributed by atoms with Gasteiger partial charge in [-0.3, -0.25) is 4.79 Å². The summed E-state index contributed by atoms with van der Waals surface area (Å²) in [5.41, 5.74) is 7.79. The first-order valence-electron chi connectivity index (χ1n) is 7.53. The van der Waals surface area contributed by atoms with Crippen LogP contribution in [0.5, 0.6) is 11.5 Å². The Bertz CT molecular complexity index is 914. The highest BCUT2D eigenvalue weighted by Gasteiger charge is 2.12. The molecular formula is C18H18ClN3O3S. The predicted octanol–water partition coefficient (Wildman–Crippen LogP) is 3.66. The molecule has 3 aromatic rings. The van der Waals surface area contributed by atoms with Gasteiger partial charge in [0.15, 0.2) is 5.13 Å². The van der Waals surface area contributed by atoms with E-state index in [4.69, 9.17) is 10.5 Å². The standard InChI is InChI=1S/C18H17N3O3S.ClH/c1-24-16-5-3-2-4-12(16)9-20-18-21-14(10-25-18)11-6-7-15(22)13(8-11)17(19)23;/h2-8,10,22H,9H2,1H3,(H2,19,23)(H,20,21);1H. The molecule has 0 aliphatic carbocycles. The Labute approximate surface area is 161 Å². The average molecular weight is 392 g/mol. The molecular weight excluding hydrogens is 374 g/mol. The second kappa shape index (κ2) is 8.55. The fourth-order valence-electron chi connectivity index (χ4n) is 2.40. The molecule has 0 radical (unpaired) electrons. The van der Waals surface area contributed by atoms with Crippen molar-refractivity contribution in [3.8, 4) is 22.8 Å². The number of amides is 1. The molecule has 0 saturated carbocycles. The minimum absolute atomic E-state index is 0. The molecule has 0 fully saturated rings. The number of aromatic hydroxyl groups is 1. The van der Waals surface area contributed by atoms with E-state index >= 15 is 0 Å². The number of hydrogen-bond donors (Lipinski definition) is 3. The molecule has 136 valence electrons. The molecule has 6 nitrogen and oxygen atoms in total. The van der Waals surface area contributed by atoms with Crippen LogP contribution < -0.4 is 15.8 Å². The quantitative estimate of drug-likeness (QED) is 0.595. The van der Waals surface area contributed by atoms with E-state index in [0.717, 1.165) is 16.4 Å². The van der Waals surface area contributed by atoms with Gasteiger partial charge >= 0.3 is 0 Å². The number of methoxy groups -OCH3 is 1. The van der Waals surface area contributed by atoms with E-state index in [1.54, 1.807) is 13.2 Å². The molecule has 0 saturated heterocycles. The number of anilines is 1. The minimum atomic E-state index is -0.677. The summed E-state index contributed by atoms with van der Waals surface area (Å²) in [6, 6.07) is 12.4. The number of benzene rings is 2. The number of carbonyl (C=O) groups excluding carboxylic acids is 1. The van der Waals surface area contributed by atoms with E-state index in [-0.39, 0.29) is 23.7 Å². The summed E-state index contributed by atoms with van der Waals surface area (Å²) >= 11 is 1.45. The lowest BCUT2D eigenvalue weighted by Gasteiger charge is -2.08. The number of nitrogens with two attached hydrogens (primary N) is 1. The van der Waals surface area contributed by atoms with E-state index in [2.05, 4.69) is 10.3 Å². The summed E-state index contributed by atoms with van der Waals surface area (Å²) in [7, 11) is 1.64. The van der Waals surface area contributed by atoms with Gasteiger partial charge in [0, 0.05) is 23.1 Å². The van der Waals surface area contributed by atoms with E-state index in [9.17, 15) is 9.90 Å². The molecule has 0 bridgehead atoms. The number of thiazole rings is 1. The first kappa shape index (κ1) is 19.6. The fourth-order valence-corrected chi connectivity index (χ4v) is 3.12. The van der Waals surface area contributed by atoms with Crippen molar-refractivity contribution in [3.63, 3.8) is 0 Å². The van der Waals surface area contributed by atoms with Gasteiger partial charge in [-0.2, -0.15) is 0 Å². The van der Waals surface area contributed by atoms with E-state index in [0.29, 0.717) is 17.8 Å². The number of ether oxygens (including phenoxy) is 1. The fraction of sp³-hybridized carbons (Fsp3) is 0.111. The first-order chi connectivity index (χ1) is 12.1. The van der Waals surface area contributed by atoms with Crippen LogP contribution in [0.2, 0.25) is 0 Å². The Kier molecular flexibility index (Phi) is 6.43. The van der Waals surface area contributed by atoms with Crippen molar-refractivity contribution in [3.05, 3.63) is 59.0 Å². The van der Waals surface area contributed by atoms with Crippen LogP contribution in [0.4, 0.5) is 5.13 Å². The number of aromatic nitrogens is 1. The maximum absolute atomic E-state index is 11.4. The third-order valence-corrected chi connectivity index (χ3v) is 4.48. The summed E-state index contributed by atoms with van der Waals surface area (Å²) < 4.78 is 5.33. The lowest BCUT2D eigenvalue weighted by molar-refractivity contribution is 0.0998. The molecule has 4 N–H and O–H groups in total. The highest BCUT2D eigenvalue weighted by Crippen LogP contribution is 2.29. The third kappa shape index (κ3) is 4.25. The van der Waals surface area contributed by atoms with Crippen LogP contribution in [0.25, 0.3) is 11.3 Å². The maximum atomic E-state index is 11.4. The summed E-state index contributed by atoms with van der Waals surface area (Å²) in [5.74, 6) is 0.00140. The van der Waals surface area contributed by atoms with Crippen LogP contribution in [0.1, 0.15) is 15.9 Å². The molecule has 2 aromatic carbocycles. The summed E-state index contributed by atoms with van der Waals surface area (Å²) in [4.78, 5) is 15.9. The van der Waals surface area contributed by atoms with Gasteiger partial charge in [-0.25, -0.2) is 4.98 Å². The van der Waals surface area contributed by atoms with Gasteiger partial charge in [0.2, 0.25) is 0 Å². The van der Waals surface area contributed by atoms with Crippen LogP contribution in [-0.2, 0) is 6.54 Å². The van der Waals surface area contributed by atoms with Gasteiger partial charge in [-0.15, -0.1) is 23.7 Å². The van der Waals surface area contributed by atoms with Crippen molar-refractivity contribution in [2.24, 2.45) is 5.73 Å². The zero-order chi connectivity index (χ0) is 17.8. The predicted molar refractivity (Wildman–Crippen MR) is 105 cm³/mol. The van der Waals surface area contributed by atoms with Gasteiger partial charge in [-0.1, -0.05) is 18.2 Å². The van der Waals surface area contributed by atoms with E-state index < -0.39 is 5.91 Å². The minimum Gasteiger partial charge on any atom is -0.507 e. The highest BCUT2D eigenvalue weighted by molar-refractivity contribution is 7.14. The van der Waals surface area contributed by atoms with Crippen molar-refractivity contribution >= 4 is 34.8 Å². The third-order valence-electron chi connectivity index (χ3n) is 3.68. The number of carbonyl (C=O) groups is 1. The Balaban J connectivity index is 0.00000243. The number of halogens is 1. The maximum Gasteiger partial charge on any atom is 0.252 e. The number of nitrogens with zero attached hydrogens (tertiary/aromatic N) is 1. The average Bonchev–Trinajstić information content (AvgIpc) is 3.09. The SMILES string of the molecule is COc1ccccc1CNc1nc(-c2ccc(O)c(C(N)=O)c2)cs1.Cl. The monoisotopic (exact) mass is 391 g/mol. The van der Waals surface area contributed by atoms with Crippen LogP contribution in [-0.4, -0.2) is 23.1 Å². The smallest absolute Gasteiger partial charge is 0.252 e. The molecule has 3 rings (SSSR count). The number of rotatable bonds is 6. The van der Waals surface area contributed by atoms with Gasteiger partial charge in [0.25, 0.3) is 5.91 Å². The zero-order valence-corrected chi connectivity index (χ0v) is 15.6. The van der Waals surface area contributed by atoms with Crippen molar-refractivity contribution in [2.75, 3.05) is 12.4 Å². The summed E-state index contributed by atoms with van der Waals surface area (Å²) in [6.07, 6.45) is 0. The van der Waals surface area contributed by atoms with Crippen LogP contribution in [0, 0.1) is 0 Å². The molecule has 0 unspecified atom stereocenters. The largest absolute Gasteiger partial charge is 0.507 e. The molecule has 0 spiro atoms. The lowest BCUT2D eigenvalue weighted by atomic mass is 10.1. The van der Waals surface area contributed by atoms with Crippen LogP contribution in [0.3, 0.4) is 0 Å². The van der Waals surface area contributed by atoms with Gasteiger partial charge in [0.1, 0.15) is 11.5 Å². The number of phenols is 1. The van der Waals surface area contributed by atoms with Gasteiger partial charge in [-0.05, 0) is 24.3 Å². The lowest BCUT2D eigenvalue weighted by Crippen LogP contribution is -2.11. The molecule has 0 aliphatic rings. The van der Waals surface area contributed by atoms with Crippen LogP contribution >= 0.6 is 23.7 Å². The van der Waals surface area contributed by atoms with Gasteiger partial charge in [0.05, 0.1) is 18.4 Å². The first-order valence-corrected chi connectivity index (χ1v) is 8.41. The molecule has 0 aliphatic heterocycles. The Hall–Kier alpha value is -2.77. The number of para-hydroxylation sites is 1. The Morgan fingerprint density at radius 1 is 1.31 bits per heavy atom. The van der Waals surface area contributed by atoms with Crippen LogP contribution in [0.15, 0.2) is 47.8 Å². The van der Waals surface area contributed by atoms with Crippen molar-refractivity contribution in [1.29, 1.82) is 0 Å². The van der Waals surface area contributed by atoms with Crippen molar-refractivity contribution in [1.82, 2.24) is 4.98 Å². The summed E-state index contributed by atoms with van der Waals surface area (Å²) in [5, 5.41) is 15.6. The molecule has 8 heteroatoms. The topological polar surface area (TPSA) is 97.5 Å². The normalized spacial score (nSPS) is 10.0. The Morgan fingerprint density at radius 3 is 2.81 bits per heavy atom. The second-order valence-corrected chi connectivity index (χ2v) is 6.16. The number of nitrogens with one attached hydrogen (secondary N) is 1. The second-order valence-electron chi connectivity index (χ2n) is 5.30.